The Labute approximate surface area is 49.7 Å². The molecule has 1 heteroatoms. The molecule has 0 atom stereocenters. The molecule has 44 valence electrons. The molecule has 0 aromatic carbocycles. The Bertz CT molecular complexity index is 114. The van der Waals surface area contributed by atoms with Crippen molar-refractivity contribution in [2.75, 3.05) is 13.2 Å². The first-order valence-electron chi connectivity index (χ1n) is 2.81. The van der Waals surface area contributed by atoms with Crippen LogP contribution >= 0.6 is 0 Å². The van der Waals surface area contributed by atoms with Crippen LogP contribution in [0.25, 0.3) is 0 Å². The molecule has 8 heavy (non-hydrogen) atoms. The van der Waals surface area contributed by atoms with Gasteiger partial charge in [-0.2, -0.15) is 0 Å². The summed E-state index contributed by atoms with van der Waals surface area (Å²) in [5.41, 5.74) is 1.17. The largest absolute Gasteiger partial charge is 0.377 e. The monoisotopic (exact) mass is 110 g/mol. The highest BCUT2D eigenvalue weighted by Crippen LogP contribution is 2.03. The highest BCUT2D eigenvalue weighted by molar-refractivity contribution is 5.15. The van der Waals surface area contributed by atoms with Crippen LogP contribution in [-0.4, -0.2) is 13.2 Å². The van der Waals surface area contributed by atoms with Crippen LogP contribution in [0.2, 0.25) is 0 Å². The van der Waals surface area contributed by atoms with E-state index in [0.29, 0.717) is 0 Å². The van der Waals surface area contributed by atoms with E-state index in [1.807, 2.05) is 12.2 Å². The molecule has 0 bridgehead atoms. The predicted molar refractivity (Wildman–Crippen MR) is 33.7 cm³/mol. The van der Waals surface area contributed by atoms with Gasteiger partial charge in [0, 0.05) is 0 Å². The molecule has 0 N–H and O–H groups in total. The maximum absolute atomic E-state index is 5.12. The Kier molecular flexibility index (Phi) is 1.86. The minimum absolute atomic E-state index is 0.749. The first-order chi connectivity index (χ1) is 3.89. The van der Waals surface area contributed by atoms with Gasteiger partial charge < -0.3 is 4.74 Å². The SMILES string of the molecule is C=C1C=CCOCC1. The smallest absolute Gasteiger partial charge is 0.0650 e. The molecule has 1 heterocycles. The second-order valence-electron chi connectivity index (χ2n) is 1.89. The third-order valence-corrected chi connectivity index (χ3v) is 1.14. The highest BCUT2D eigenvalue weighted by Gasteiger charge is 1.92. The first-order valence-corrected chi connectivity index (χ1v) is 2.81. The Hall–Kier alpha value is -0.560. The van der Waals surface area contributed by atoms with Gasteiger partial charge in [0.15, 0.2) is 0 Å². The van der Waals surface area contributed by atoms with Crippen LogP contribution in [0.5, 0.6) is 0 Å². The lowest BCUT2D eigenvalue weighted by atomic mass is 10.2. The van der Waals surface area contributed by atoms with Crippen LogP contribution in [-0.2, 0) is 4.74 Å². The first kappa shape index (κ1) is 5.57. The zero-order valence-electron chi connectivity index (χ0n) is 4.89. The molecule has 0 amide bonds. The van der Waals surface area contributed by atoms with E-state index in [1.54, 1.807) is 0 Å². The van der Waals surface area contributed by atoms with E-state index < -0.39 is 0 Å². The molecular weight excluding hydrogens is 100 g/mol. The Balaban J connectivity index is 2.44. The summed E-state index contributed by atoms with van der Waals surface area (Å²) in [6.45, 7) is 5.38. The van der Waals surface area contributed by atoms with Gasteiger partial charge in [-0.1, -0.05) is 24.3 Å². The summed E-state index contributed by atoms with van der Waals surface area (Å²) in [6.07, 6.45) is 5.00. The normalized spacial score (nSPS) is 20.8. The van der Waals surface area contributed by atoms with E-state index in [4.69, 9.17) is 4.74 Å². The maximum atomic E-state index is 5.12. The van der Waals surface area contributed by atoms with Crippen molar-refractivity contribution in [1.29, 1.82) is 0 Å². The third kappa shape index (κ3) is 1.51. The van der Waals surface area contributed by atoms with Gasteiger partial charge in [0.2, 0.25) is 0 Å². The van der Waals surface area contributed by atoms with Gasteiger partial charge in [-0.25, -0.2) is 0 Å². The van der Waals surface area contributed by atoms with E-state index >= 15 is 0 Å². The second-order valence-corrected chi connectivity index (χ2v) is 1.89. The van der Waals surface area contributed by atoms with Crippen molar-refractivity contribution in [3.8, 4) is 0 Å². The zero-order chi connectivity index (χ0) is 5.82. The second kappa shape index (κ2) is 2.68. The van der Waals surface area contributed by atoms with Crippen LogP contribution in [0.15, 0.2) is 24.3 Å². The summed E-state index contributed by atoms with van der Waals surface area (Å²) < 4.78 is 5.12. The topological polar surface area (TPSA) is 9.23 Å². The Morgan fingerprint density at radius 2 is 2.50 bits per heavy atom. The fraction of sp³-hybridized carbons (Fsp3) is 0.429. The highest BCUT2D eigenvalue weighted by atomic mass is 16.5. The molecule has 0 radical (unpaired) electrons. The number of allylic oxidation sites excluding steroid dienone is 1. The van der Waals surface area contributed by atoms with Gasteiger partial charge in [-0.3, -0.25) is 0 Å². The molecule has 1 nitrogen and oxygen atoms in total. The van der Waals surface area contributed by atoms with E-state index in [-0.39, 0.29) is 0 Å². The van der Waals surface area contributed by atoms with E-state index in [1.165, 1.54) is 5.57 Å². The lowest BCUT2D eigenvalue weighted by Gasteiger charge is -1.93. The molecule has 1 rings (SSSR count). The summed E-state index contributed by atoms with van der Waals surface area (Å²) in [6, 6.07) is 0. The van der Waals surface area contributed by atoms with Crippen LogP contribution in [0.4, 0.5) is 0 Å². The molecule has 1 aliphatic rings. The molecule has 0 aromatic heterocycles. The van der Waals surface area contributed by atoms with Crippen LogP contribution in [0.3, 0.4) is 0 Å². The average Bonchev–Trinajstić information content (AvgIpc) is 1.94. The van der Waals surface area contributed by atoms with Crippen LogP contribution in [0.1, 0.15) is 6.42 Å². The van der Waals surface area contributed by atoms with Crippen molar-refractivity contribution in [3.63, 3.8) is 0 Å². The lowest BCUT2D eigenvalue weighted by Crippen LogP contribution is -1.89. The van der Waals surface area contributed by atoms with Crippen molar-refractivity contribution < 1.29 is 4.74 Å². The van der Waals surface area contributed by atoms with Gasteiger partial charge in [0.05, 0.1) is 13.2 Å². The van der Waals surface area contributed by atoms with Gasteiger partial charge in [0.25, 0.3) is 0 Å². The van der Waals surface area contributed by atoms with Crippen LogP contribution < -0.4 is 0 Å². The molecule has 0 saturated heterocycles. The zero-order valence-corrected chi connectivity index (χ0v) is 4.89. The quantitative estimate of drug-likeness (QED) is 0.459. The molecule has 0 aromatic rings. The summed E-state index contributed by atoms with van der Waals surface area (Å²) in [4.78, 5) is 0. The van der Waals surface area contributed by atoms with Crippen LogP contribution in [0, 0.1) is 0 Å². The number of hydrogen-bond donors (Lipinski definition) is 0. The van der Waals surface area contributed by atoms with Crippen molar-refractivity contribution >= 4 is 0 Å². The Morgan fingerprint density at radius 3 is 3.38 bits per heavy atom. The number of ether oxygens (including phenoxy) is 1. The van der Waals surface area contributed by atoms with Gasteiger partial charge in [0.1, 0.15) is 0 Å². The number of hydrogen-bond acceptors (Lipinski definition) is 1. The van der Waals surface area contributed by atoms with Gasteiger partial charge >= 0.3 is 0 Å². The summed E-state index contributed by atoms with van der Waals surface area (Å²) in [7, 11) is 0. The van der Waals surface area contributed by atoms with Crippen molar-refractivity contribution in [2.24, 2.45) is 0 Å². The minimum atomic E-state index is 0.749. The van der Waals surface area contributed by atoms with Crippen molar-refractivity contribution in [1.82, 2.24) is 0 Å². The minimum Gasteiger partial charge on any atom is -0.377 e. The molecule has 1 aliphatic heterocycles. The third-order valence-electron chi connectivity index (χ3n) is 1.14. The molecule has 0 spiro atoms. The average molecular weight is 110 g/mol. The Morgan fingerprint density at radius 1 is 1.62 bits per heavy atom. The van der Waals surface area contributed by atoms with Crippen molar-refractivity contribution in [2.45, 2.75) is 6.42 Å². The fourth-order valence-corrected chi connectivity index (χ4v) is 0.653. The molecule has 0 fully saturated rings. The molecule has 0 saturated carbocycles. The molecule has 0 unspecified atom stereocenters. The molecule has 0 aliphatic carbocycles. The fourth-order valence-electron chi connectivity index (χ4n) is 0.653. The number of rotatable bonds is 0. The standard InChI is InChI=1S/C7H10O/c1-7-3-2-5-8-6-4-7/h2-3H,1,4-6H2. The van der Waals surface area contributed by atoms with Gasteiger partial charge in [-0.05, 0) is 6.42 Å². The van der Waals surface area contributed by atoms with Gasteiger partial charge in [-0.15, -0.1) is 0 Å². The van der Waals surface area contributed by atoms with E-state index in [2.05, 4.69) is 6.58 Å². The molecular formula is C7H10O. The van der Waals surface area contributed by atoms with Crippen molar-refractivity contribution in [3.05, 3.63) is 24.3 Å². The predicted octanol–water partition coefficient (Wildman–Crippen LogP) is 1.52. The summed E-state index contributed by atoms with van der Waals surface area (Å²) in [5, 5.41) is 0. The summed E-state index contributed by atoms with van der Waals surface area (Å²) in [5.74, 6) is 0. The maximum Gasteiger partial charge on any atom is 0.0650 e. The summed E-state index contributed by atoms with van der Waals surface area (Å²) >= 11 is 0. The van der Waals surface area contributed by atoms with E-state index in [0.717, 1.165) is 19.6 Å². The van der Waals surface area contributed by atoms with E-state index in [9.17, 15) is 0 Å². The lowest BCUT2D eigenvalue weighted by molar-refractivity contribution is 0.169.